The van der Waals surface area contributed by atoms with Crippen LogP contribution >= 0.6 is 17.0 Å². The fourth-order valence-electron chi connectivity index (χ4n) is 4.71. The number of methoxy groups -OCH3 is 1. The molecule has 186 valence electrons. The SMILES string of the molecule is Br.COC[C@@H]1CN(CC(=O)c2cc(C(C)(C)C)c(O)c(C(C)(C)C)c2)C(=N)[C@@H]1c1ccccc1. The minimum atomic E-state index is -0.303. The third kappa shape index (κ3) is 5.89. The van der Waals surface area contributed by atoms with E-state index in [0.717, 1.165) is 16.7 Å². The lowest BCUT2D eigenvalue weighted by Crippen LogP contribution is -2.32. The van der Waals surface area contributed by atoms with E-state index in [9.17, 15) is 9.90 Å². The van der Waals surface area contributed by atoms with E-state index in [-0.39, 0.29) is 57.7 Å². The number of ketones is 1. The molecule has 2 aromatic carbocycles. The maximum Gasteiger partial charge on any atom is 0.182 e. The van der Waals surface area contributed by atoms with E-state index in [0.29, 0.717) is 24.6 Å². The van der Waals surface area contributed by atoms with E-state index in [1.54, 1.807) is 7.11 Å². The number of amidine groups is 1. The van der Waals surface area contributed by atoms with Crippen molar-refractivity contribution in [3.8, 4) is 5.75 Å². The first-order chi connectivity index (χ1) is 15.3. The number of hydrogen-bond donors (Lipinski definition) is 2. The average Bonchev–Trinajstić information content (AvgIpc) is 3.02. The molecule has 2 aromatic rings. The van der Waals surface area contributed by atoms with Crippen LogP contribution in [-0.2, 0) is 15.6 Å². The van der Waals surface area contributed by atoms with Crippen LogP contribution in [0.1, 0.15) is 74.5 Å². The van der Waals surface area contributed by atoms with Gasteiger partial charge in [0.2, 0.25) is 0 Å². The number of carbonyl (C=O) groups excluding carboxylic acids is 1. The molecule has 6 heteroatoms. The average molecular weight is 532 g/mol. The number of phenolic OH excluding ortho intramolecular Hbond substituents is 1. The molecule has 1 fully saturated rings. The third-order valence-electron chi connectivity index (χ3n) is 6.48. The molecule has 5 nitrogen and oxygen atoms in total. The summed E-state index contributed by atoms with van der Waals surface area (Å²) in [7, 11) is 1.68. The van der Waals surface area contributed by atoms with Crippen LogP contribution in [0.5, 0.6) is 5.75 Å². The first kappa shape index (κ1) is 28.1. The predicted octanol–water partition coefficient (Wildman–Crippen LogP) is 6.09. The number of phenols is 1. The fraction of sp³-hybridized carbons (Fsp3) is 0.500. The maximum absolute atomic E-state index is 13.5. The van der Waals surface area contributed by atoms with Crippen LogP contribution in [0.3, 0.4) is 0 Å². The zero-order valence-corrected chi connectivity index (χ0v) is 23.1. The molecule has 0 aromatic heterocycles. The van der Waals surface area contributed by atoms with E-state index in [2.05, 4.69) is 0 Å². The van der Waals surface area contributed by atoms with Crippen molar-refractivity contribution in [1.82, 2.24) is 4.90 Å². The highest BCUT2D eigenvalue weighted by Gasteiger charge is 2.39. The lowest BCUT2D eigenvalue weighted by molar-refractivity contribution is 0.0955. The number of benzene rings is 2. The smallest absolute Gasteiger partial charge is 0.182 e. The summed E-state index contributed by atoms with van der Waals surface area (Å²) in [6.45, 7) is 13.5. The summed E-state index contributed by atoms with van der Waals surface area (Å²) < 4.78 is 5.45. The lowest BCUT2D eigenvalue weighted by atomic mass is 9.78. The Labute approximate surface area is 214 Å². The Morgan fingerprint density at radius 2 is 1.59 bits per heavy atom. The fourth-order valence-corrected chi connectivity index (χ4v) is 4.71. The van der Waals surface area contributed by atoms with E-state index >= 15 is 0 Å². The van der Waals surface area contributed by atoms with Crippen LogP contribution in [0.15, 0.2) is 42.5 Å². The molecule has 0 amide bonds. The number of hydrogen-bond acceptors (Lipinski definition) is 4. The second kappa shape index (κ2) is 10.6. The summed E-state index contributed by atoms with van der Waals surface area (Å²) in [5.41, 5.74) is 2.60. The Hall–Kier alpha value is -2.18. The van der Waals surface area contributed by atoms with Crippen molar-refractivity contribution in [2.75, 3.05) is 26.8 Å². The van der Waals surface area contributed by atoms with Crippen molar-refractivity contribution < 1.29 is 14.6 Å². The van der Waals surface area contributed by atoms with Gasteiger partial charge in [0.15, 0.2) is 5.78 Å². The molecular formula is C28H39BrN2O3. The van der Waals surface area contributed by atoms with Crippen molar-refractivity contribution in [2.24, 2.45) is 5.92 Å². The minimum absolute atomic E-state index is 0. The van der Waals surface area contributed by atoms with E-state index in [1.807, 2.05) is 88.9 Å². The summed E-state index contributed by atoms with van der Waals surface area (Å²) in [6, 6.07) is 13.7. The number of halogens is 1. The summed E-state index contributed by atoms with van der Waals surface area (Å²) in [4.78, 5) is 15.4. The second-order valence-electron chi connectivity index (χ2n) is 11.2. The Morgan fingerprint density at radius 3 is 2.06 bits per heavy atom. The third-order valence-corrected chi connectivity index (χ3v) is 6.48. The molecule has 34 heavy (non-hydrogen) atoms. The topological polar surface area (TPSA) is 73.6 Å². The number of aromatic hydroxyl groups is 1. The number of likely N-dealkylation sites (tertiary alicyclic amines) is 1. The molecule has 1 heterocycles. The van der Waals surface area contributed by atoms with Gasteiger partial charge >= 0.3 is 0 Å². The van der Waals surface area contributed by atoms with Gasteiger partial charge in [-0.1, -0.05) is 71.9 Å². The molecule has 1 aliphatic rings. The highest BCUT2D eigenvalue weighted by Crippen LogP contribution is 2.40. The van der Waals surface area contributed by atoms with Crippen molar-refractivity contribution in [3.63, 3.8) is 0 Å². The second-order valence-corrected chi connectivity index (χ2v) is 11.2. The van der Waals surface area contributed by atoms with Gasteiger partial charge in [0.1, 0.15) is 11.6 Å². The quantitative estimate of drug-likeness (QED) is 0.443. The molecule has 2 N–H and O–H groups in total. The maximum atomic E-state index is 13.5. The summed E-state index contributed by atoms with van der Waals surface area (Å²) in [5.74, 6) is 0.717. The van der Waals surface area contributed by atoms with Crippen LogP contribution < -0.4 is 0 Å². The van der Waals surface area contributed by atoms with Gasteiger partial charge in [0.25, 0.3) is 0 Å². The van der Waals surface area contributed by atoms with Gasteiger partial charge < -0.3 is 14.7 Å². The lowest BCUT2D eigenvalue weighted by Gasteiger charge is -2.28. The number of nitrogens with one attached hydrogen (secondary N) is 1. The molecule has 0 unspecified atom stereocenters. The molecule has 0 spiro atoms. The zero-order valence-electron chi connectivity index (χ0n) is 21.4. The van der Waals surface area contributed by atoms with E-state index < -0.39 is 0 Å². The van der Waals surface area contributed by atoms with E-state index in [4.69, 9.17) is 10.1 Å². The summed E-state index contributed by atoms with van der Waals surface area (Å²) in [5, 5.41) is 19.8. The predicted molar refractivity (Wildman–Crippen MR) is 144 cm³/mol. The van der Waals surface area contributed by atoms with Crippen LogP contribution in [0, 0.1) is 11.3 Å². The van der Waals surface area contributed by atoms with Gasteiger partial charge in [-0.15, -0.1) is 17.0 Å². The molecule has 0 saturated carbocycles. The zero-order chi connectivity index (χ0) is 24.6. The van der Waals surface area contributed by atoms with Crippen LogP contribution in [-0.4, -0.2) is 48.4 Å². The highest BCUT2D eigenvalue weighted by molar-refractivity contribution is 8.93. The standard InChI is InChI=1S/C28H38N2O3.BrH/c1-27(2,3)21-13-19(14-22(25(21)32)28(4,5)6)23(31)16-30-15-20(17-33-7)24(26(30)29)18-11-9-8-10-12-18;/h8-14,20,24,29,32H,15-17H2,1-7H3;1H/t20-,24+;/m0./s1. The van der Waals surface area contributed by atoms with Gasteiger partial charge in [-0.05, 0) is 28.5 Å². The molecule has 2 atom stereocenters. The van der Waals surface area contributed by atoms with Crippen molar-refractivity contribution >= 4 is 28.6 Å². The van der Waals surface area contributed by atoms with Crippen molar-refractivity contribution in [1.29, 1.82) is 5.41 Å². The Bertz CT molecular complexity index is 987. The number of Topliss-reactive ketones (excluding diaryl/α,β-unsaturated/α-hetero) is 1. The first-order valence-corrected chi connectivity index (χ1v) is 11.6. The molecule has 1 aliphatic heterocycles. The van der Waals surface area contributed by atoms with Crippen LogP contribution in [0.2, 0.25) is 0 Å². The summed E-state index contributed by atoms with van der Waals surface area (Å²) in [6.07, 6.45) is 0. The largest absolute Gasteiger partial charge is 0.507 e. The van der Waals surface area contributed by atoms with Gasteiger partial charge in [-0.25, -0.2) is 0 Å². The Balaban J connectivity index is 0.00000408. The highest BCUT2D eigenvalue weighted by atomic mass is 79.9. The van der Waals surface area contributed by atoms with E-state index in [1.165, 1.54) is 0 Å². The molecule has 1 saturated heterocycles. The molecule has 3 rings (SSSR count). The van der Waals surface area contributed by atoms with Gasteiger partial charge in [0, 0.05) is 42.2 Å². The first-order valence-electron chi connectivity index (χ1n) is 11.6. The van der Waals surface area contributed by atoms with Gasteiger partial charge in [0.05, 0.1) is 13.2 Å². The Kier molecular flexibility index (Phi) is 8.76. The minimum Gasteiger partial charge on any atom is -0.507 e. The van der Waals surface area contributed by atoms with Gasteiger partial charge in [-0.3, -0.25) is 10.2 Å². The van der Waals surface area contributed by atoms with Crippen molar-refractivity contribution in [3.05, 3.63) is 64.7 Å². The molecule has 0 aliphatic carbocycles. The molecule has 0 radical (unpaired) electrons. The van der Waals surface area contributed by atoms with Gasteiger partial charge in [-0.2, -0.15) is 0 Å². The van der Waals surface area contributed by atoms with Crippen molar-refractivity contribution in [2.45, 2.75) is 58.3 Å². The van der Waals surface area contributed by atoms with Crippen LogP contribution in [0.4, 0.5) is 0 Å². The number of ether oxygens (including phenoxy) is 1. The van der Waals surface area contributed by atoms with Crippen LogP contribution in [0.25, 0.3) is 0 Å². The normalized spacial score (nSPS) is 18.7. The number of nitrogens with zero attached hydrogens (tertiary/aromatic N) is 1. The molecule has 0 bridgehead atoms. The Morgan fingerprint density at radius 1 is 1.06 bits per heavy atom. The number of rotatable bonds is 6. The molecular weight excluding hydrogens is 492 g/mol. The summed E-state index contributed by atoms with van der Waals surface area (Å²) >= 11 is 0. The number of carbonyl (C=O) groups is 1. The monoisotopic (exact) mass is 530 g/mol.